The lowest BCUT2D eigenvalue weighted by molar-refractivity contribution is -0.225. The van der Waals surface area contributed by atoms with E-state index in [1.54, 1.807) is 28.8 Å². The third-order valence-electron chi connectivity index (χ3n) is 5.55. The van der Waals surface area contributed by atoms with Gasteiger partial charge in [-0.1, -0.05) is 44.2 Å². The van der Waals surface area contributed by atoms with Gasteiger partial charge in [-0.15, -0.1) is 0 Å². The number of aliphatic hydroxyl groups excluding tert-OH is 2. The van der Waals surface area contributed by atoms with Crippen LogP contribution in [0.5, 0.6) is 0 Å². The molecule has 0 unspecified atom stereocenters. The number of benzene rings is 1. The first-order valence-corrected chi connectivity index (χ1v) is 9.06. The Balaban J connectivity index is 2.06. The summed E-state index contributed by atoms with van der Waals surface area (Å²) in [6.45, 7) is 3.25. The molecule has 0 amide bonds. The van der Waals surface area contributed by atoms with Crippen molar-refractivity contribution in [2.45, 2.75) is 37.4 Å². The van der Waals surface area contributed by atoms with Crippen molar-refractivity contribution in [2.75, 3.05) is 12.3 Å². The van der Waals surface area contributed by atoms with E-state index in [4.69, 9.17) is 10.5 Å². The van der Waals surface area contributed by atoms with E-state index in [-0.39, 0.29) is 11.7 Å². The van der Waals surface area contributed by atoms with Crippen molar-refractivity contribution in [3.63, 3.8) is 0 Å². The highest BCUT2D eigenvalue weighted by atomic mass is 16.6. The number of hydrogen-bond donors (Lipinski definition) is 4. The van der Waals surface area contributed by atoms with Crippen LogP contribution in [0.3, 0.4) is 0 Å². The number of aromatic nitrogens is 4. The van der Waals surface area contributed by atoms with Gasteiger partial charge in [0.05, 0.1) is 12.9 Å². The van der Waals surface area contributed by atoms with Gasteiger partial charge in [0, 0.05) is 5.92 Å². The molecule has 1 aliphatic rings. The van der Waals surface area contributed by atoms with Crippen LogP contribution in [-0.4, -0.2) is 53.7 Å². The molecule has 3 heterocycles. The third-order valence-corrected chi connectivity index (χ3v) is 5.55. The quantitative estimate of drug-likeness (QED) is 0.505. The third kappa shape index (κ3) is 2.24. The largest absolute Gasteiger partial charge is 0.394 e. The van der Waals surface area contributed by atoms with Gasteiger partial charge in [0.25, 0.3) is 0 Å². The number of nitrogens with two attached hydrogens (primary N) is 1. The fourth-order valence-corrected chi connectivity index (χ4v) is 4.26. The molecular weight excluding hydrogens is 362 g/mol. The number of nitrogens with zero attached hydrogens (tertiary/aromatic N) is 4. The summed E-state index contributed by atoms with van der Waals surface area (Å²) in [5.41, 5.74) is 3.72. The van der Waals surface area contributed by atoms with E-state index in [1.165, 1.54) is 12.7 Å². The maximum Gasteiger partial charge on any atom is 0.185 e. The van der Waals surface area contributed by atoms with Crippen LogP contribution in [0.1, 0.15) is 19.4 Å². The van der Waals surface area contributed by atoms with Gasteiger partial charge in [-0.25, -0.2) is 15.0 Å². The Hall–Kier alpha value is -2.59. The number of hydrogen-bond acceptors (Lipinski definition) is 8. The number of imidazole rings is 1. The molecule has 4 atom stereocenters. The monoisotopic (exact) mass is 385 g/mol. The van der Waals surface area contributed by atoms with E-state index in [9.17, 15) is 15.3 Å². The Bertz CT molecular complexity index is 994. The number of ether oxygens (including phenoxy) is 1. The maximum absolute atomic E-state index is 12.0. The fourth-order valence-electron chi connectivity index (χ4n) is 4.26. The Kier molecular flexibility index (Phi) is 4.35. The highest BCUT2D eigenvalue weighted by molar-refractivity contribution is 5.81. The maximum atomic E-state index is 12.0. The zero-order chi connectivity index (χ0) is 20.1. The second kappa shape index (κ2) is 6.49. The molecule has 1 aliphatic heterocycles. The van der Waals surface area contributed by atoms with Crippen molar-refractivity contribution < 1.29 is 20.1 Å². The molecule has 28 heavy (non-hydrogen) atoms. The van der Waals surface area contributed by atoms with Crippen molar-refractivity contribution in [3.05, 3.63) is 48.5 Å². The van der Waals surface area contributed by atoms with Gasteiger partial charge in [-0.2, -0.15) is 0 Å². The highest BCUT2D eigenvalue weighted by Crippen LogP contribution is 2.54. The minimum atomic E-state index is -1.89. The Morgan fingerprint density at radius 3 is 2.57 bits per heavy atom. The summed E-state index contributed by atoms with van der Waals surface area (Å²) in [6.07, 6.45) is 0.374. The van der Waals surface area contributed by atoms with Crippen LogP contribution in [0, 0.1) is 5.92 Å². The zero-order valence-corrected chi connectivity index (χ0v) is 15.6. The molecule has 3 aromatic rings. The van der Waals surface area contributed by atoms with E-state index in [2.05, 4.69) is 15.0 Å². The van der Waals surface area contributed by atoms with Gasteiger partial charge >= 0.3 is 0 Å². The SMILES string of the molecule is CC(C)[C@@]1(n2cnc3c(N)ncnc32)O[C@H](CO)[C@@H](O)[C@]1(O)c1ccccc1. The van der Waals surface area contributed by atoms with Crippen molar-refractivity contribution in [2.24, 2.45) is 5.92 Å². The van der Waals surface area contributed by atoms with Crippen LogP contribution in [0.2, 0.25) is 0 Å². The summed E-state index contributed by atoms with van der Waals surface area (Å²) < 4.78 is 7.79. The molecule has 5 N–H and O–H groups in total. The summed E-state index contributed by atoms with van der Waals surface area (Å²) in [5.74, 6) is -0.152. The number of aliphatic hydroxyl groups is 3. The van der Waals surface area contributed by atoms with Crippen molar-refractivity contribution >= 4 is 17.0 Å². The smallest absolute Gasteiger partial charge is 0.185 e. The molecule has 1 fully saturated rings. The van der Waals surface area contributed by atoms with Crippen LogP contribution < -0.4 is 5.73 Å². The van der Waals surface area contributed by atoms with Crippen molar-refractivity contribution in [1.82, 2.24) is 19.5 Å². The van der Waals surface area contributed by atoms with Crippen molar-refractivity contribution in [1.29, 1.82) is 0 Å². The Morgan fingerprint density at radius 1 is 1.21 bits per heavy atom. The predicted octanol–water partition coefficient (Wildman–Crippen LogP) is 0.357. The number of nitrogen functional groups attached to an aromatic ring is 1. The molecule has 0 radical (unpaired) electrons. The van der Waals surface area contributed by atoms with Crippen LogP contribution in [0.15, 0.2) is 43.0 Å². The number of anilines is 1. The second-order valence-electron chi connectivity index (χ2n) is 7.31. The molecule has 4 rings (SSSR count). The molecule has 2 aromatic heterocycles. The Morgan fingerprint density at radius 2 is 1.93 bits per heavy atom. The first-order valence-electron chi connectivity index (χ1n) is 9.06. The molecule has 0 aliphatic carbocycles. The summed E-state index contributed by atoms with van der Waals surface area (Å²) in [5, 5.41) is 32.9. The Labute approximate surface area is 161 Å². The van der Waals surface area contributed by atoms with Gasteiger partial charge in [0.2, 0.25) is 0 Å². The normalized spacial score (nSPS) is 30.4. The number of fused-ring (bicyclic) bond motifs is 1. The first-order chi connectivity index (χ1) is 13.4. The van der Waals surface area contributed by atoms with E-state index in [0.717, 1.165) is 0 Å². The first kappa shape index (κ1) is 18.8. The lowest BCUT2D eigenvalue weighted by atomic mass is 9.74. The van der Waals surface area contributed by atoms with Crippen LogP contribution in [-0.2, 0) is 16.1 Å². The topological polar surface area (TPSA) is 140 Å². The average Bonchev–Trinajstić information content (AvgIpc) is 3.23. The zero-order valence-electron chi connectivity index (χ0n) is 15.6. The lowest BCUT2D eigenvalue weighted by Crippen LogP contribution is -2.58. The van der Waals surface area contributed by atoms with E-state index in [0.29, 0.717) is 16.7 Å². The van der Waals surface area contributed by atoms with Gasteiger partial charge in [0.1, 0.15) is 24.1 Å². The second-order valence-corrected chi connectivity index (χ2v) is 7.31. The van der Waals surface area contributed by atoms with Crippen LogP contribution in [0.4, 0.5) is 5.82 Å². The van der Waals surface area contributed by atoms with Crippen LogP contribution in [0.25, 0.3) is 11.2 Å². The molecule has 0 bridgehead atoms. The fraction of sp³-hybridized carbons (Fsp3) is 0.421. The highest BCUT2D eigenvalue weighted by Gasteiger charge is 2.68. The number of rotatable bonds is 4. The molecule has 9 heteroatoms. The summed E-state index contributed by atoms with van der Waals surface area (Å²) in [7, 11) is 0. The molecule has 1 saturated heterocycles. The predicted molar refractivity (Wildman–Crippen MR) is 101 cm³/mol. The van der Waals surface area contributed by atoms with Gasteiger partial charge in [0.15, 0.2) is 22.8 Å². The lowest BCUT2D eigenvalue weighted by Gasteiger charge is -2.45. The average molecular weight is 385 g/mol. The van der Waals surface area contributed by atoms with Gasteiger partial charge < -0.3 is 25.8 Å². The molecule has 9 nitrogen and oxygen atoms in total. The van der Waals surface area contributed by atoms with E-state index in [1.807, 2.05) is 19.9 Å². The summed E-state index contributed by atoms with van der Waals surface area (Å²) in [4.78, 5) is 12.5. The summed E-state index contributed by atoms with van der Waals surface area (Å²) >= 11 is 0. The molecule has 148 valence electrons. The van der Waals surface area contributed by atoms with E-state index < -0.39 is 30.1 Å². The van der Waals surface area contributed by atoms with Crippen LogP contribution >= 0.6 is 0 Å². The van der Waals surface area contributed by atoms with Gasteiger partial charge in [-0.3, -0.25) is 4.57 Å². The van der Waals surface area contributed by atoms with Crippen molar-refractivity contribution in [3.8, 4) is 0 Å². The minimum Gasteiger partial charge on any atom is -0.394 e. The summed E-state index contributed by atoms with van der Waals surface area (Å²) in [6, 6.07) is 8.78. The standard InChI is InChI=1S/C19H23N5O4/c1-11(2)19(24-10-23-14-16(20)21-9-22-17(14)24)18(27,12-6-4-3-5-7-12)15(26)13(8-25)28-19/h3-7,9-11,13,15,25-27H,8H2,1-2H3,(H2,20,21,22)/t13-,15-,18-,19-/m1/s1. The minimum absolute atomic E-state index is 0.197. The molecule has 1 aromatic carbocycles. The molecule has 0 saturated carbocycles. The molecular formula is C19H23N5O4. The molecule has 0 spiro atoms. The van der Waals surface area contributed by atoms with E-state index >= 15 is 0 Å². The van der Waals surface area contributed by atoms with Gasteiger partial charge in [-0.05, 0) is 5.56 Å².